The van der Waals surface area contributed by atoms with Gasteiger partial charge in [-0.3, -0.25) is 9.78 Å². The van der Waals surface area contributed by atoms with E-state index in [0.717, 1.165) is 10.9 Å². The zero-order chi connectivity index (χ0) is 17.5. The van der Waals surface area contributed by atoms with Gasteiger partial charge in [0.2, 0.25) is 0 Å². The number of halogens is 1. The van der Waals surface area contributed by atoms with E-state index in [2.05, 4.69) is 22.1 Å². The smallest absolute Gasteiger partial charge is 0.252 e. The molecule has 1 heterocycles. The third-order valence-corrected chi connectivity index (χ3v) is 3.72. The van der Waals surface area contributed by atoms with E-state index in [4.69, 9.17) is 16.3 Å². The predicted molar refractivity (Wildman–Crippen MR) is 98.8 cm³/mol. The normalized spacial score (nSPS) is 9.96. The molecular formula is C20H15ClN2O2. The van der Waals surface area contributed by atoms with Crippen molar-refractivity contribution in [1.29, 1.82) is 0 Å². The largest absolute Gasteiger partial charge is 0.479 e. The van der Waals surface area contributed by atoms with Crippen LogP contribution < -0.4 is 10.1 Å². The molecule has 3 rings (SSSR count). The highest BCUT2D eigenvalue weighted by Crippen LogP contribution is 2.22. The van der Waals surface area contributed by atoms with Gasteiger partial charge in [0.05, 0.1) is 6.54 Å². The molecule has 0 aliphatic carbocycles. The van der Waals surface area contributed by atoms with Crippen molar-refractivity contribution in [3.8, 4) is 17.6 Å². The van der Waals surface area contributed by atoms with Crippen LogP contribution in [0.25, 0.3) is 10.9 Å². The maximum absolute atomic E-state index is 11.9. The maximum Gasteiger partial charge on any atom is 0.252 e. The Labute approximate surface area is 150 Å². The standard InChI is InChI=1S/C20H15ClN2O2/c21-17-10-8-16(9-11-17)20(24)23-12-1-2-14-25-18-7-3-5-15-6-4-13-22-19(15)18/h3-11,13H,12,14H2,(H,23,24). The van der Waals surface area contributed by atoms with Crippen LogP contribution in [0.2, 0.25) is 5.02 Å². The van der Waals surface area contributed by atoms with E-state index in [9.17, 15) is 4.79 Å². The van der Waals surface area contributed by atoms with Gasteiger partial charge >= 0.3 is 0 Å². The zero-order valence-corrected chi connectivity index (χ0v) is 14.1. The van der Waals surface area contributed by atoms with Gasteiger partial charge in [-0.2, -0.15) is 0 Å². The highest BCUT2D eigenvalue weighted by Gasteiger charge is 2.03. The highest BCUT2D eigenvalue weighted by atomic mass is 35.5. The number of ether oxygens (including phenoxy) is 1. The number of aromatic nitrogens is 1. The van der Waals surface area contributed by atoms with Gasteiger partial charge < -0.3 is 10.1 Å². The van der Waals surface area contributed by atoms with Crippen LogP contribution in [-0.2, 0) is 0 Å². The summed E-state index contributed by atoms with van der Waals surface area (Å²) in [5.41, 5.74) is 1.35. The number of hydrogen-bond donors (Lipinski definition) is 1. The average molecular weight is 351 g/mol. The Morgan fingerprint density at radius 3 is 2.72 bits per heavy atom. The first kappa shape index (κ1) is 16.8. The molecule has 0 atom stereocenters. The molecule has 0 fully saturated rings. The van der Waals surface area contributed by atoms with Crippen LogP contribution >= 0.6 is 11.6 Å². The minimum atomic E-state index is -0.190. The number of carbonyl (C=O) groups excluding carboxylic acids is 1. The van der Waals surface area contributed by atoms with Crippen molar-refractivity contribution in [1.82, 2.24) is 10.3 Å². The number of fused-ring (bicyclic) bond motifs is 1. The Balaban J connectivity index is 1.50. The van der Waals surface area contributed by atoms with Gasteiger partial charge in [0.15, 0.2) is 0 Å². The van der Waals surface area contributed by atoms with E-state index in [0.29, 0.717) is 16.3 Å². The van der Waals surface area contributed by atoms with Crippen LogP contribution in [0.1, 0.15) is 10.4 Å². The number of nitrogens with one attached hydrogen (secondary N) is 1. The molecule has 0 saturated carbocycles. The topological polar surface area (TPSA) is 51.2 Å². The van der Waals surface area contributed by atoms with Crippen LogP contribution in [0, 0.1) is 11.8 Å². The Morgan fingerprint density at radius 2 is 1.88 bits per heavy atom. The molecule has 1 amide bonds. The first-order chi connectivity index (χ1) is 12.2. The number of pyridine rings is 1. The summed E-state index contributed by atoms with van der Waals surface area (Å²) >= 11 is 5.79. The van der Waals surface area contributed by atoms with Crippen LogP contribution in [0.3, 0.4) is 0 Å². The van der Waals surface area contributed by atoms with Crippen molar-refractivity contribution >= 4 is 28.4 Å². The van der Waals surface area contributed by atoms with Gasteiger partial charge in [0.25, 0.3) is 5.91 Å². The number of carbonyl (C=O) groups is 1. The van der Waals surface area contributed by atoms with Crippen LogP contribution in [0.5, 0.6) is 5.75 Å². The monoisotopic (exact) mass is 350 g/mol. The van der Waals surface area contributed by atoms with E-state index >= 15 is 0 Å². The molecule has 2 aromatic carbocycles. The predicted octanol–water partition coefficient (Wildman–Crippen LogP) is 3.70. The van der Waals surface area contributed by atoms with Gasteiger partial charge in [-0.15, -0.1) is 0 Å². The quantitative estimate of drug-likeness (QED) is 0.730. The van der Waals surface area contributed by atoms with Crippen molar-refractivity contribution in [3.05, 3.63) is 71.4 Å². The molecular weight excluding hydrogens is 336 g/mol. The van der Waals surface area contributed by atoms with Gasteiger partial charge in [0, 0.05) is 22.2 Å². The molecule has 0 spiro atoms. The van der Waals surface area contributed by atoms with E-state index in [1.165, 1.54) is 0 Å². The Hall–Kier alpha value is -3.03. The van der Waals surface area contributed by atoms with Crippen molar-refractivity contribution in [2.45, 2.75) is 0 Å². The number of para-hydroxylation sites is 1. The molecule has 124 valence electrons. The molecule has 4 nitrogen and oxygen atoms in total. The molecule has 0 saturated heterocycles. The van der Waals surface area contributed by atoms with Crippen LogP contribution in [-0.4, -0.2) is 24.0 Å². The number of hydrogen-bond acceptors (Lipinski definition) is 3. The minimum Gasteiger partial charge on any atom is -0.479 e. The summed E-state index contributed by atoms with van der Waals surface area (Å²) in [4.78, 5) is 16.2. The lowest BCUT2D eigenvalue weighted by Crippen LogP contribution is -2.23. The fourth-order valence-electron chi connectivity index (χ4n) is 2.25. The summed E-state index contributed by atoms with van der Waals surface area (Å²) in [6.45, 7) is 0.477. The van der Waals surface area contributed by atoms with E-state index in [1.807, 2.05) is 30.3 Å². The Bertz CT molecular complexity index is 938. The maximum atomic E-state index is 11.9. The van der Waals surface area contributed by atoms with E-state index in [1.54, 1.807) is 30.5 Å². The SMILES string of the molecule is O=C(NCC#CCOc1cccc2cccnc12)c1ccc(Cl)cc1. The van der Waals surface area contributed by atoms with Gasteiger partial charge in [-0.25, -0.2) is 0 Å². The number of rotatable bonds is 4. The molecule has 0 aliphatic heterocycles. The lowest BCUT2D eigenvalue weighted by molar-refractivity contribution is 0.0958. The first-order valence-corrected chi connectivity index (χ1v) is 8.08. The van der Waals surface area contributed by atoms with Gasteiger partial charge in [0.1, 0.15) is 17.9 Å². The fourth-order valence-corrected chi connectivity index (χ4v) is 2.37. The van der Waals surface area contributed by atoms with Crippen molar-refractivity contribution < 1.29 is 9.53 Å². The van der Waals surface area contributed by atoms with Crippen molar-refractivity contribution in [3.63, 3.8) is 0 Å². The van der Waals surface area contributed by atoms with Gasteiger partial charge in [-0.1, -0.05) is 41.6 Å². The fraction of sp³-hybridized carbons (Fsp3) is 0.100. The summed E-state index contributed by atoms with van der Waals surface area (Å²) in [6.07, 6.45) is 1.73. The molecule has 1 N–H and O–H groups in total. The Morgan fingerprint density at radius 1 is 1.08 bits per heavy atom. The lowest BCUT2D eigenvalue weighted by atomic mass is 10.2. The van der Waals surface area contributed by atoms with Crippen LogP contribution in [0.15, 0.2) is 60.8 Å². The zero-order valence-electron chi connectivity index (χ0n) is 13.3. The first-order valence-electron chi connectivity index (χ1n) is 7.70. The molecule has 0 aliphatic rings. The third kappa shape index (κ3) is 4.50. The molecule has 3 aromatic rings. The molecule has 25 heavy (non-hydrogen) atoms. The molecule has 0 radical (unpaired) electrons. The number of nitrogens with zero attached hydrogens (tertiary/aromatic N) is 1. The molecule has 0 bridgehead atoms. The van der Waals surface area contributed by atoms with Gasteiger partial charge in [-0.05, 0) is 36.4 Å². The highest BCUT2D eigenvalue weighted by molar-refractivity contribution is 6.30. The summed E-state index contributed by atoms with van der Waals surface area (Å²) in [5, 5.41) is 4.33. The second-order valence-electron chi connectivity index (χ2n) is 5.16. The van der Waals surface area contributed by atoms with Crippen molar-refractivity contribution in [2.75, 3.05) is 13.2 Å². The summed E-state index contributed by atoms with van der Waals surface area (Å²) in [6, 6.07) is 16.3. The van der Waals surface area contributed by atoms with E-state index < -0.39 is 0 Å². The van der Waals surface area contributed by atoms with Crippen molar-refractivity contribution in [2.24, 2.45) is 0 Å². The number of amides is 1. The minimum absolute atomic E-state index is 0.190. The average Bonchev–Trinajstić information content (AvgIpc) is 2.65. The summed E-state index contributed by atoms with van der Waals surface area (Å²) < 4.78 is 5.66. The second-order valence-corrected chi connectivity index (χ2v) is 5.60. The molecule has 0 unspecified atom stereocenters. The Kier molecular flexibility index (Phi) is 5.50. The molecule has 5 heteroatoms. The number of benzene rings is 2. The van der Waals surface area contributed by atoms with Crippen LogP contribution in [0.4, 0.5) is 0 Å². The lowest BCUT2D eigenvalue weighted by Gasteiger charge is -2.05. The van der Waals surface area contributed by atoms with E-state index in [-0.39, 0.29) is 19.1 Å². The molecule has 1 aromatic heterocycles. The second kappa shape index (κ2) is 8.18. The summed E-state index contributed by atoms with van der Waals surface area (Å²) in [5.74, 6) is 6.24. The summed E-state index contributed by atoms with van der Waals surface area (Å²) in [7, 11) is 0. The third-order valence-electron chi connectivity index (χ3n) is 3.46.